The summed E-state index contributed by atoms with van der Waals surface area (Å²) in [6.07, 6.45) is 2.34. The molecule has 2 N–H and O–H groups in total. The molecular formula is C12H21NO2. The Balaban J connectivity index is 2.42. The SMILES string of the molecule is CCC(NCC(O)C(C)C)c1ccco1. The van der Waals surface area contributed by atoms with Gasteiger partial charge < -0.3 is 14.8 Å². The van der Waals surface area contributed by atoms with Crippen molar-refractivity contribution >= 4 is 0 Å². The Labute approximate surface area is 91.5 Å². The van der Waals surface area contributed by atoms with Gasteiger partial charge in [0.15, 0.2) is 0 Å². The molecule has 0 spiro atoms. The third-order valence-electron chi connectivity index (χ3n) is 2.64. The van der Waals surface area contributed by atoms with Gasteiger partial charge in [-0.25, -0.2) is 0 Å². The van der Waals surface area contributed by atoms with Gasteiger partial charge in [-0.15, -0.1) is 0 Å². The molecule has 0 bridgehead atoms. The topological polar surface area (TPSA) is 45.4 Å². The van der Waals surface area contributed by atoms with E-state index >= 15 is 0 Å². The van der Waals surface area contributed by atoms with Crippen LogP contribution >= 0.6 is 0 Å². The molecule has 1 aromatic heterocycles. The average molecular weight is 211 g/mol. The molecule has 0 aliphatic heterocycles. The van der Waals surface area contributed by atoms with Crippen LogP contribution in [0.5, 0.6) is 0 Å². The molecule has 0 aromatic carbocycles. The van der Waals surface area contributed by atoms with E-state index < -0.39 is 0 Å². The van der Waals surface area contributed by atoms with Crippen molar-refractivity contribution in [2.24, 2.45) is 5.92 Å². The van der Waals surface area contributed by atoms with Crippen molar-refractivity contribution < 1.29 is 9.52 Å². The second kappa shape index (κ2) is 5.93. The normalized spacial score (nSPS) is 15.5. The summed E-state index contributed by atoms with van der Waals surface area (Å²) < 4.78 is 5.34. The maximum absolute atomic E-state index is 9.68. The predicted molar refractivity (Wildman–Crippen MR) is 60.6 cm³/mol. The Hall–Kier alpha value is -0.800. The van der Waals surface area contributed by atoms with E-state index in [-0.39, 0.29) is 18.1 Å². The molecule has 0 saturated heterocycles. The number of aliphatic hydroxyl groups is 1. The summed E-state index contributed by atoms with van der Waals surface area (Å²) in [4.78, 5) is 0. The summed E-state index contributed by atoms with van der Waals surface area (Å²) in [5.41, 5.74) is 0. The maximum atomic E-state index is 9.68. The summed E-state index contributed by atoms with van der Waals surface area (Å²) in [5.74, 6) is 1.22. The van der Waals surface area contributed by atoms with E-state index in [0.29, 0.717) is 6.54 Å². The molecule has 0 radical (unpaired) electrons. The van der Waals surface area contributed by atoms with Gasteiger partial charge in [0.2, 0.25) is 0 Å². The van der Waals surface area contributed by atoms with E-state index in [0.717, 1.165) is 12.2 Å². The van der Waals surface area contributed by atoms with Crippen LogP contribution in [0, 0.1) is 5.92 Å². The summed E-state index contributed by atoms with van der Waals surface area (Å²) in [6, 6.07) is 4.05. The van der Waals surface area contributed by atoms with Crippen LogP contribution in [0.15, 0.2) is 22.8 Å². The second-order valence-corrected chi connectivity index (χ2v) is 4.20. The van der Waals surface area contributed by atoms with Gasteiger partial charge in [-0.3, -0.25) is 0 Å². The molecule has 1 rings (SSSR count). The molecule has 86 valence electrons. The molecule has 0 aliphatic rings. The zero-order chi connectivity index (χ0) is 11.3. The van der Waals surface area contributed by atoms with Gasteiger partial charge >= 0.3 is 0 Å². The standard InChI is InChI=1S/C12H21NO2/c1-4-10(12-6-5-7-15-12)13-8-11(14)9(2)3/h5-7,9-11,13-14H,4,8H2,1-3H3. The minimum atomic E-state index is -0.297. The van der Waals surface area contributed by atoms with E-state index in [9.17, 15) is 5.11 Å². The Morgan fingerprint density at radius 3 is 2.67 bits per heavy atom. The molecule has 1 heterocycles. The molecule has 2 unspecified atom stereocenters. The van der Waals surface area contributed by atoms with Gasteiger partial charge in [0.05, 0.1) is 18.4 Å². The Morgan fingerprint density at radius 2 is 2.20 bits per heavy atom. The van der Waals surface area contributed by atoms with Crippen molar-refractivity contribution in [3.8, 4) is 0 Å². The Bertz CT molecular complexity index is 257. The lowest BCUT2D eigenvalue weighted by molar-refractivity contribution is 0.118. The Morgan fingerprint density at radius 1 is 1.47 bits per heavy atom. The maximum Gasteiger partial charge on any atom is 0.120 e. The Kier molecular flexibility index (Phi) is 4.85. The van der Waals surface area contributed by atoms with Gasteiger partial charge in [0.1, 0.15) is 5.76 Å². The zero-order valence-corrected chi connectivity index (χ0v) is 9.73. The van der Waals surface area contributed by atoms with Crippen LogP contribution in [-0.2, 0) is 0 Å². The van der Waals surface area contributed by atoms with Crippen LogP contribution in [0.2, 0.25) is 0 Å². The highest BCUT2D eigenvalue weighted by Crippen LogP contribution is 2.16. The van der Waals surface area contributed by atoms with Crippen LogP contribution in [0.1, 0.15) is 39.0 Å². The fraction of sp³-hybridized carbons (Fsp3) is 0.667. The largest absolute Gasteiger partial charge is 0.468 e. The predicted octanol–water partition coefficient (Wildman–Crippen LogP) is 2.34. The monoisotopic (exact) mass is 211 g/mol. The zero-order valence-electron chi connectivity index (χ0n) is 9.73. The lowest BCUT2D eigenvalue weighted by Gasteiger charge is -2.19. The van der Waals surface area contributed by atoms with Crippen molar-refractivity contribution in [3.63, 3.8) is 0 Å². The van der Waals surface area contributed by atoms with Gasteiger partial charge in [0.25, 0.3) is 0 Å². The van der Waals surface area contributed by atoms with Gasteiger partial charge in [0, 0.05) is 6.54 Å². The van der Waals surface area contributed by atoms with E-state index in [1.165, 1.54) is 0 Å². The molecular weight excluding hydrogens is 190 g/mol. The molecule has 0 aliphatic carbocycles. The number of furan rings is 1. The quantitative estimate of drug-likeness (QED) is 0.759. The molecule has 0 amide bonds. The van der Waals surface area contributed by atoms with Crippen molar-refractivity contribution in [1.29, 1.82) is 0 Å². The first kappa shape index (κ1) is 12.3. The van der Waals surface area contributed by atoms with Crippen molar-refractivity contribution in [1.82, 2.24) is 5.32 Å². The number of hydrogen-bond donors (Lipinski definition) is 2. The number of nitrogens with one attached hydrogen (secondary N) is 1. The highest BCUT2D eigenvalue weighted by molar-refractivity contribution is 5.03. The van der Waals surface area contributed by atoms with Crippen molar-refractivity contribution in [3.05, 3.63) is 24.2 Å². The lowest BCUT2D eigenvalue weighted by Crippen LogP contribution is -2.32. The van der Waals surface area contributed by atoms with E-state index in [1.807, 2.05) is 26.0 Å². The van der Waals surface area contributed by atoms with Crippen LogP contribution in [0.4, 0.5) is 0 Å². The second-order valence-electron chi connectivity index (χ2n) is 4.20. The summed E-state index contributed by atoms with van der Waals surface area (Å²) in [6.45, 7) is 6.74. The van der Waals surface area contributed by atoms with Crippen molar-refractivity contribution in [2.45, 2.75) is 39.3 Å². The fourth-order valence-electron chi connectivity index (χ4n) is 1.43. The minimum absolute atomic E-state index is 0.202. The molecule has 3 heteroatoms. The number of rotatable bonds is 6. The summed E-state index contributed by atoms with van der Waals surface area (Å²) in [7, 11) is 0. The number of hydrogen-bond acceptors (Lipinski definition) is 3. The highest BCUT2D eigenvalue weighted by Gasteiger charge is 2.15. The minimum Gasteiger partial charge on any atom is -0.468 e. The molecule has 0 saturated carbocycles. The highest BCUT2D eigenvalue weighted by atomic mass is 16.3. The molecule has 15 heavy (non-hydrogen) atoms. The fourth-order valence-corrected chi connectivity index (χ4v) is 1.43. The lowest BCUT2D eigenvalue weighted by atomic mass is 10.1. The smallest absolute Gasteiger partial charge is 0.120 e. The van der Waals surface area contributed by atoms with Crippen LogP contribution in [-0.4, -0.2) is 17.8 Å². The van der Waals surface area contributed by atoms with Gasteiger partial charge in [-0.05, 0) is 24.5 Å². The third kappa shape index (κ3) is 3.68. The van der Waals surface area contributed by atoms with E-state index in [4.69, 9.17) is 4.42 Å². The van der Waals surface area contributed by atoms with Gasteiger partial charge in [-0.2, -0.15) is 0 Å². The molecule has 0 fully saturated rings. The number of aliphatic hydroxyl groups excluding tert-OH is 1. The van der Waals surface area contributed by atoms with E-state index in [1.54, 1.807) is 6.26 Å². The van der Waals surface area contributed by atoms with Gasteiger partial charge in [-0.1, -0.05) is 20.8 Å². The first-order valence-corrected chi connectivity index (χ1v) is 5.60. The first-order valence-electron chi connectivity index (χ1n) is 5.60. The molecule has 3 nitrogen and oxygen atoms in total. The average Bonchev–Trinajstić information content (AvgIpc) is 2.71. The summed E-state index contributed by atoms with van der Waals surface area (Å²) >= 11 is 0. The first-order chi connectivity index (χ1) is 7.15. The molecule has 2 atom stereocenters. The third-order valence-corrected chi connectivity index (χ3v) is 2.64. The van der Waals surface area contributed by atoms with E-state index in [2.05, 4.69) is 12.2 Å². The summed E-state index contributed by atoms with van der Waals surface area (Å²) in [5, 5.41) is 13.0. The van der Waals surface area contributed by atoms with Crippen LogP contribution in [0.3, 0.4) is 0 Å². The molecule has 1 aromatic rings. The van der Waals surface area contributed by atoms with Crippen LogP contribution in [0.25, 0.3) is 0 Å². The van der Waals surface area contributed by atoms with Crippen molar-refractivity contribution in [2.75, 3.05) is 6.54 Å². The van der Waals surface area contributed by atoms with Crippen LogP contribution < -0.4 is 5.32 Å².